The van der Waals surface area contributed by atoms with Crippen LogP contribution in [0, 0.1) is 5.82 Å². The van der Waals surface area contributed by atoms with E-state index in [0.717, 1.165) is 36.7 Å². The normalized spacial score (nSPS) is 22.4. The van der Waals surface area contributed by atoms with E-state index in [2.05, 4.69) is 20.6 Å². The van der Waals surface area contributed by atoms with E-state index in [1.807, 2.05) is 0 Å². The summed E-state index contributed by atoms with van der Waals surface area (Å²) < 4.78 is 72.5. The zero-order valence-corrected chi connectivity index (χ0v) is 12.8. The van der Waals surface area contributed by atoms with Crippen LogP contribution in [0.2, 0.25) is 0 Å². The van der Waals surface area contributed by atoms with Gasteiger partial charge in [-0.3, -0.25) is 0 Å². The minimum absolute atomic E-state index is 0.0285. The molecule has 0 aliphatic carbocycles. The van der Waals surface area contributed by atoms with Crippen molar-refractivity contribution in [2.24, 2.45) is 0 Å². The number of benzene rings is 1. The first kappa shape index (κ1) is 15.0. The molecule has 1 aliphatic rings. The predicted octanol–water partition coefficient (Wildman–Crippen LogP) is 2.60. The monoisotopic (exact) mass is 358 g/mol. The number of nitrogens with zero attached hydrogens (tertiary/aromatic N) is 2. The van der Waals surface area contributed by atoms with Crippen molar-refractivity contribution in [3.63, 3.8) is 0 Å². The van der Waals surface area contributed by atoms with Crippen LogP contribution in [0.4, 0.5) is 23.5 Å². The molecule has 0 unspecified atom stereocenters. The molecule has 2 atom stereocenters. The van der Waals surface area contributed by atoms with E-state index in [0.29, 0.717) is 13.1 Å². The van der Waals surface area contributed by atoms with E-state index in [-0.39, 0.29) is 11.5 Å². The molecular weight excluding hydrogens is 340 g/mol. The molecule has 1 aromatic carbocycles. The Kier molecular flexibility index (Phi) is 4.40. The number of rotatable bonds is 5. The van der Waals surface area contributed by atoms with Gasteiger partial charge >= 0.3 is 6.18 Å². The maximum atomic E-state index is 12.9. The van der Waals surface area contributed by atoms with E-state index < -0.39 is 36.3 Å². The van der Waals surface area contributed by atoms with Gasteiger partial charge in [0.05, 0.1) is 39.4 Å². The molecule has 0 amide bonds. The Morgan fingerprint density at radius 3 is 2.52 bits per heavy atom. The maximum Gasteiger partial charge on any atom is 0.416 e. The van der Waals surface area contributed by atoms with Crippen LogP contribution >= 0.6 is 0 Å². The molecular formula is C16H16F4N4O. The van der Waals surface area contributed by atoms with Gasteiger partial charge in [-0.05, 0) is 17.7 Å². The quantitative estimate of drug-likeness (QED) is 0.805. The fourth-order valence-corrected chi connectivity index (χ4v) is 2.35. The number of anilines is 1. The Labute approximate surface area is 144 Å². The maximum absolute atomic E-state index is 12.9. The fraction of sp³-hybridized carbons (Fsp3) is 0.375. The number of alkyl halides is 3. The summed E-state index contributed by atoms with van der Waals surface area (Å²) in [6.45, 7) is -1.56. The first-order valence-corrected chi connectivity index (χ1v) is 7.45. The van der Waals surface area contributed by atoms with Crippen LogP contribution < -0.4 is 10.6 Å². The van der Waals surface area contributed by atoms with Crippen LogP contribution in [-0.2, 0) is 17.5 Å². The lowest BCUT2D eigenvalue weighted by Gasteiger charge is -2.20. The van der Waals surface area contributed by atoms with Crippen molar-refractivity contribution in [2.75, 3.05) is 18.4 Å². The smallest absolute Gasteiger partial charge is 0.370 e. The Morgan fingerprint density at radius 2 is 1.88 bits per heavy atom. The molecule has 5 nitrogen and oxygen atoms in total. The average molecular weight is 358 g/mol. The van der Waals surface area contributed by atoms with Crippen molar-refractivity contribution >= 4 is 5.95 Å². The molecule has 3 rings (SSSR count). The third-order valence-electron chi connectivity index (χ3n) is 3.63. The molecule has 0 bridgehead atoms. The number of halogens is 4. The number of aromatic nitrogens is 2. The van der Waals surface area contributed by atoms with E-state index in [1.54, 1.807) is 0 Å². The molecule has 2 N–H and O–H groups in total. The molecule has 134 valence electrons. The van der Waals surface area contributed by atoms with Crippen LogP contribution in [0.3, 0.4) is 0 Å². The van der Waals surface area contributed by atoms with Crippen LogP contribution in [0.25, 0.3) is 0 Å². The summed E-state index contributed by atoms with van der Waals surface area (Å²) in [6, 6.07) is 3.32. The third kappa shape index (κ3) is 4.64. The fourth-order valence-electron chi connectivity index (χ4n) is 2.35. The van der Waals surface area contributed by atoms with Gasteiger partial charge < -0.3 is 15.4 Å². The van der Waals surface area contributed by atoms with Crippen LogP contribution in [-0.4, -0.2) is 35.2 Å². The highest BCUT2D eigenvalue weighted by Crippen LogP contribution is 2.29. The van der Waals surface area contributed by atoms with Crippen LogP contribution in [0.5, 0.6) is 0 Å². The Morgan fingerprint density at radius 1 is 1.20 bits per heavy atom. The summed E-state index contributed by atoms with van der Waals surface area (Å²) in [4.78, 5) is 7.57. The van der Waals surface area contributed by atoms with Gasteiger partial charge in [-0.1, -0.05) is 12.1 Å². The summed E-state index contributed by atoms with van der Waals surface area (Å²) in [7, 11) is 0. The van der Waals surface area contributed by atoms with Gasteiger partial charge in [0.15, 0.2) is 5.82 Å². The second-order valence-corrected chi connectivity index (χ2v) is 5.47. The SMILES string of the molecule is [2H]C([2H])(O[C@@H]1CNC[C@H]1Nc1ncc(F)cn1)c1ccc(C(F)(F)F)cc1. The van der Waals surface area contributed by atoms with Gasteiger partial charge in [0, 0.05) is 13.1 Å². The molecule has 9 heteroatoms. The average Bonchev–Trinajstić information content (AvgIpc) is 3.02. The predicted molar refractivity (Wildman–Crippen MR) is 82.3 cm³/mol. The summed E-state index contributed by atoms with van der Waals surface area (Å²) in [5.74, 6) is -0.426. The zero-order valence-electron chi connectivity index (χ0n) is 14.8. The van der Waals surface area contributed by atoms with E-state index in [9.17, 15) is 17.6 Å². The Hall–Kier alpha value is -2.26. The summed E-state index contributed by atoms with van der Waals surface area (Å²) in [5.41, 5.74) is -0.892. The molecule has 2 heterocycles. The Bertz CT molecular complexity index is 771. The highest BCUT2D eigenvalue weighted by atomic mass is 19.4. The highest BCUT2D eigenvalue weighted by Gasteiger charge is 2.30. The lowest BCUT2D eigenvalue weighted by atomic mass is 10.1. The number of ether oxygens (including phenoxy) is 1. The van der Waals surface area contributed by atoms with E-state index >= 15 is 0 Å². The minimum atomic E-state index is -4.49. The van der Waals surface area contributed by atoms with Crippen molar-refractivity contribution in [1.82, 2.24) is 15.3 Å². The summed E-state index contributed by atoms with van der Waals surface area (Å²) >= 11 is 0. The molecule has 2 aromatic rings. The molecule has 0 spiro atoms. The number of hydrogen-bond acceptors (Lipinski definition) is 5. The van der Waals surface area contributed by atoms with Crippen LogP contribution in [0.15, 0.2) is 36.7 Å². The highest BCUT2D eigenvalue weighted by molar-refractivity contribution is 5.27. The van der Waals surface area contributed by atoms with Crippen molar-refractivity contribution < 1.29 is 25.0 Å². The lowest BCUT2D eigenvalue weighted by Crippen LogP contribution is -2.34. The number of nitrogens with one attached hydrogen (secondary N) is 2. The standard InChI is InChI=1S/C16H16F4N4O/c17-12-5-22-15(23-6-12)24-13-7-21-8-14(13)25-9-10-1-3-11(4-2-10)16(18,19)20/h1-6,13-14,21H,7-9H2,(H,22,23,24)/t13-,14-/m1/s1/i9D2. The lowest BCUT2D eigenvalue weighted by molar-refractivity contribution is -0.137. The first-order valence-electron chi connectivity index (χ1n) is 8.45. The molecule has 1 saturated heterocycles. The number of hydrogen-bond donors (Lipinski definition) is 2. The molecule has 25 heavy (non-hydrogen) atoms. The first-order chi connectivity index (χ1) is 12.6. The third-order valence-corrected chi connectivity index (χ3v) is 3.63. The zero-order chi connectivity index (χ0) is 19.7. The largest absolute Gasteiger partial charge is 0.416 e. The second kappa shape index (κ2) is 7.32. The second-order valence-electron chi connectivity index (χ2n) is 5.47. The minimum Gasteiger partial charge on any atom is -0.370 e. The summed E-state index contributed by atoms with van der Waals surface area (Å²) in [6.07, 6.45) is -3.15. The van der Waals surface area contributed by atoms with E-state index in [4.69, 9.17) is 7.48 Å². The van der Waals surface area contributed by atoms with Gasteiger partial charge in [-0.25, -0.2) is 14.4 Å². The molecule has 0 saturated carbocycles. The summed E-state index contributed by atoms with van der Waals surface area (Å²) in [5, 5.41) is 5.95. The van der Waals surface area contributed by atoms with Gasteiger partial charge in [0.2, 0.25) is 5.95 Å². The molecule has 0 radical (unpaired) electrons. The molecule has 1 aliphatic heterocycles. The van der Waals surface area contributed by atoms with Gasteiger partial charge in [0.1, 0.15) is 0 Å². The topological polar surface area (TPSA) is 59.1 Å². The van der Waals surface area contributed by atoms with Crippen molar-refractivity contribution in [3.8, 4) is 0 Å². The van der Waals surface area contributed by atoms with Crippen molar-refractivity contribution in [3.05, 3.63) is 53.6 Å². The van der Waals surface area contributed by atoms with Crippen molar-refractivity contribution in [1.29, 1.82) is 0 Å². The van der Waals surface area contributed by atoms with Crippen LogP contribution in [0.1, 0.15) is 13.9 Å². The molecule has 1 fully saturated rings. The Balaban J connectivity index is 1.69. The van der Waals surface area contributed by atoms with Crippen molar-refractivity contribution in [2.45, 2.75) is 24.9 Å². The van der Waals surface area contributed by atoms with Gasteiger partial charge in [0.25, 0.3) is 0 Å². The molecule has 1 aromatic heterocycles. The van der Waals surface area contributed by atoms with Gasteiger partial charge in [-0.2, -0.15) is 13.2 Å². The van der Waals surface area contributed by atoms with Gasteiger partial charge in [-0.15, -0.1) is 0 Å². The van der Waals surface area contributed by atoms with E-state index in [1.165, 1.54) is 0 Å².